The first-order valence-electron chi connectivity index (χ1n) is 13.6. The summed E-state index contributed by atoms with van der Waals surface area (Å²) in [5.74, 6) is 6.95. The summed E-state index contributed by atoms with van der Waals surface area (Å²) < 4.78 is 30.3. The molecule has 6 heteroatoms. The van der Waals surface area contributed by atoms with E-state index in [1.54, 1.807) is 0 Å². The fourth-order valence-corrected chi connectivity index (χ4v) is 8.71. The highest BCUT2D eigenvalue weighted by atomic mass is 16.7. The molecule has 3 saturated heterocycles. The van der Waals surface area contributed by atoms with Crippen molar-refractivity contribution in [3.63, 3.8) is 0 Å². The van der Waals surface area contributed by atoms with Crippen LogP contribution in [0.1, 0.15) is 77.6 Å². The maximum Gasteiger partial charge on any atom is 0.171 e. The zero-order valence-electron chi connectivity index (χ0n) is 20.4. The Hall–Kier alpha value is -0.940. The molecule has 7 rings (SSSR count). The molecule has 0 aromatic rings. The van der Waals surface area contributed by atoms with E-state index in [1.807, 2.05) is 0 Å². The topological polar surface area (TPSA) is 69.7 Å². The maximum atomic E-state index is 11.8. The summed E-state index contributed by atoms with van der Waals surface area (Å²) in [5, 5.41) is 11.8. The van der Waals surface area contributed by atoms with Crippen molar-refractivity contribution >= 4 is 0 Å². The summed E-state index contributed by atoms with van der Waals surface area (Å²) in [7, 11) is 0. The third-order valence-electron chi connectivity index (χ3n) is 10.6. The highest BCUT2D eigenvalue weighted by Crippen LogP contribution is 2.74. The average molecular weight is 471 g/mol. The van der Waals surface area contributed by atoms with E-state index in [0.717, 1.165) is 77.2 Å². The van der Waals surface area contributed by atoms with Gasteiger partial charge in [-0.3, -0.25) is 0 Å². The Labute approximate surface area is 202 Å². The van der Waals surface area contributed by atoms with Gasteiger partial charge in [-0.05, 0) is 75.2 Å². The molecular weight excluding hydrogens is 432 g/mol. The quantitative estimate of drug-likeness (QED) is 0.376. The number of hydrogen-bond donors (Lipinski definition) is 1. The number of hydrogen-bond acceptors (Lipinski definition) is 6. The lowest BCUT2D eigenvalue weighted by atomic mass is 9.53. The Morgan fingerprint density at radius 2 is 1.94 bits per heavy atom. The lowest BCUT2D eigenvalue weighted by molar-refractivity contribution is -0.185. The van der Waals surface area contributed by atoms with Crippen LogP contribution >= 0.6 is 0 Å². The molecule has 4 aliphatic carbocycles. The number of allylic oxidation sites excluding steroid dienone is 1. The molecule has 0 radical (unpaired) electrons. The van der Waals surface area contributed by atoms with Gasteiger partial charge in [-0.15, -0.1) is 0 Å². The molecule has 6 nitrogen and oxygen atoms in total. The van der Waals surface area contributed by atoms with Crippen molar-refractivity contribution in [1.29, 1.82) is 0 Å². The van der Waals surface area contributed by atoms with E-state index in [0.29, 0.717) is 31.7 Å². The van der Waals surface area contributed by atoms with Gasteiger partial charge in [0.1, 0.15) is 23.4 Å². The van der Waals surface area contributed by atoms with E-state index in [2.05, 4.69) is 24.8 Å². The second-order valence-electron chi connectivity index (χ2n) is 12.0. The third kappa shape index (κ3) is 2.98. The molecule has 3 aliphatic heterocycles. The minimum Gasteiger partial charge on any atom is -0.377 e. The predicted molar refractivity (Wildman–Crippen MR) is 124 cm³/mol. The molecule has 7 atom stereocenters. The van der Waals surface area contributed by atoms with Crippen LogP contribution in [0.3, 0.4) is 0 Å². The Kier molecular flexibility index (Phi) is 4.94. The van der Waals surface area contributed by atoms with E-state index in [1.165, 1.54) is 5.57 Å². The largest absolute Gasteiger partial charge is 0.377 e. The molecule has 3 heterocycles. The van der Waals surface area contributed by atoms with Gasteiger partial charge in [0.05, 0.1) is 13.2 Å². The van der Waals surface area contributed by atoms with Crippen LogP contribution in [-0.4, -0.2) is 60.4 Å². The zero-order chi connectivity index (χ0) is 23.1. The van der Waals surface area contributed by atoms with Gasteiger partial charge in [0.25, 0.3) is 0 Å². The molecule has 0 bridgehead atoms. The molecule has 186 valence electrons. The lowest BCUT2D eigenvalue weighted by Crippen LogP contribution is -2.53. The number of ether oxygens (including phenoxy) is 5. The van der Waals surface area contributed by atoms with Gasteiger partial charge in [0, 0.05) is 24.9 Å². The minimum atomic E-state index is -0.963. The van der Waals surface area contributed by atoms with Crippen LogP contribution < -0.4 is 0 Å². The number of rotatable bonds is 2. The van der Waals surface area contributed by atoms with Gasteiger partial charge in [-0.25, -0.2) is 0 Å². The summed E-state index contributed by atoms with van der Waals surface area (Å²) in [4.78, 5) is 0. The SMILES string of the molecule is C[C@]12CC=C3[C@@H](CC[C@@]45CC6(CC[C@@]34O5)OCCO6)[C@@H]1CC[C@@]2(O)C#CCOC1CCCCO1. The molecule has 6 fully saturated rings. The van der Waals surface area contributed by atoms with Gasteiger partial charge in [0.15, 0.2) is 12.1 Å². The minimum absolute atomic E-state index is 0.0983. The molecule has 1 unspecified atom stereocenters. The Balaban J connectivity index is 1.09. The van der Waals surface area contributed by atoms with Crippen LogP contribution in [-0.2, 0) is 23.7 Å². The van der Waals surface area contributed by atoms with Gasteiger partial charge < -0.3 is 28.8 Å². The van der Waals surface area contributed by atoms with E-state index in [4.69, 9.17) is 23.7 Å². The number of epoxide rings is 1. The Bertz CT molecular complexity index is 938. The molecule has 1 N–H and O–H groups in total. The third-order valence-corrected chi connectivity index (χ3v) is 10.6. The fraction of sp³-hybridized carbons (Fsp3) is 0.857. The van der Waals surface area contributed by atoms with Gasteiger partial charge in [0.2, 0.25) is 0 Å². The van der Waals surface area contributed by atoms with Gasteiger partial charge >= 0.3 is 0 Å². The molecule has 1 spiro atoms. The van der Waals surface area contributed by atoms with Crippen molar-refractivity contribution in [3.05, 3.63) is 11.6 Å². The monoisotopic (exact) mass is 470 g/mol. The molecule has 0 amide bonds. The Morgan fingerprint density at radius 3 is 2.76 bits per heavy atom. The van der Waals surface area contributed by atoms with E-state index < -0.39 is 11.4 Å². The second kappa shape index (κ2) is 7.54. The van der Waals surface area contributed by atoms with E-state index in [9.17, 15) is 5.11 Å². The summed E-state index contributed by atoms with van der Waals surface area (Å²) in [5.41, 5.74) is 0.116. The Morgan fingerprint density at radius 1 is 1.06 bits per heavy atom. The maximum absolute atomic E-state index is 11.8. The number of aliphatic hydroxyl groups is 1. The molecular formula is C28H38O6. The summed E-state index contributed by atoms with van der Waals surface area (Å²) in [6.07, 6.45) is 13.1. The average Bonchev–Trinajstić information content (AvgIpc) is 3.19. The van der Waals surface area contributed by atoms with Crippen LogP contribution in [0, 0.1) is 29.1 Å². The molecule has 0 aromatic heterocycles. The van der Waals surface area contributed by atoms with Gasteiger partial charge in [-0.1, -0.05) is 24.8 Å². The van der Waals surface area contributed by atoms with Crippen LogP contribution in [0.4, 0.5) is 0 Å². The number of fused-ring (bicyclic) bond motifs is 3. The van der Waals surface area contributed by atoms with Crippen molar-refractivity contribution < 1.29 is 28.8 Å². The van der Waals surface area contributed by atoms with Crippen molar-refractivity contribution in [2.75, 3.05) is 26.4 Å². The van der Waals surface area contributed by atoms with Crippen molar-refractivity contribution in [2.45, 2.75) is 106 Å². The normalized spacial score (nSPS) is 50.3. The van der Waals surface area contributed by atoms with Crippen LogP contribution in [0.5, 0.6) is 0 Å². The highest BCUT2D eigenvalue weighted by molar-refractivity contribution is 5.44. The summed E-state index contributed by atoms with van der Waals surface area (Å²) >= 11 is 0. The fourth-order valence-electron chi connectivity index (χ4n) is 8.71. The van der Waals surface area contributed by atoms with Crippen molar-refractivity contribution in [1.82, 2.24) is 0 Å². The molecule has 7 aliphatic rings. The highest BCUT2D eigenvalue weighted by Gasteiger charge is 2.79. The lowest BCUT2D eigenvalue weighted by Gasteiger charge is -2.51. The molecule has 3 saturated carbocycles. The predicted octanol–water partition coefficient (Wildman–Crippen LogP) is 3.86. The first-order chi connectivity index (χ1) is 16.4. The van der Waals surface area contributed by atoms with E-state index >= 15 is 0 Å². The first kappa shape index (κ1) is 22.3. The summed E-state index contributed by atoms with van der Waals surface area (Å²) in [6.45, 7) is 4.76. The van der Waals surface area contributed by atoms with Crippen LogP contribution in [0.15, 0.2) is 11.6 Å². The van der Waals surface area contributed by atoms with Crippen LogP contribution in [0.2, 0.25) is 0 Å². The summed E-state index contributed by atoms with van der Waals surface area (Å²) in [6, 6.07) is 0. The van der Waals surface area contributed by atoms with Crippen LogP contribution in [0.25, 0.3) is 0 Å². The van der Waals surface area contributed by atoms with Crippen molar-refractivity contribution in [3.8, 4) is 11.8 Å². The second-order valence-corrected chi connectivity index (χ2v) is 12.0. The molecule has 34 heavy (non-hydrogen) atoms. The molecule has 0 aromatic carbocycles. The van der Waals surface area contributed by atoms with Crippen molar-refractivity contribution in [2.24, 2.45) is 17.3 Å². The van der Waals surface area contributed by atoms with E-state index in [-0.39, 0.29) is 22.9 Å². The zero-order valence-corrected chi connectivity index (χ0v) is 20.4. The van der Waals surface area contributed by atoms with Gasteiger partial charge in [-0.2, -0.15) is 0 Å². The smallest absolute Gasteiger partial charge is 0.171 e. The first-order valence-corrected chi connectivity index (χ1v) is 13.6. The standard InChI is InChI=1S/C28H38O6/c1-24-10-7-22-20(6-12-26-19-27(32-17-18-33-27)13-14-28(22,26)34-26)21(24)8-11-25(24,29)9-4-16-31-23-5-2-3-15-30-23/h7,20-21,23,29H,2-3,5-6,8,10-19H2,1H3/t20-,21-,23?,24-,25-,26+,28+/m0/s1.